The first-order valence-corrected chi connectivity index (χ1v) is 13.8. The molecule has 2 aliphatic heterocycles. The molecule has 0 saturated carbocycles. The Kier molecular flexibility index (Phi) is 12.0. The van der Waals surface area contributed by atoms with Crippen LogP contribution in [-0.2, 0) is 42.7 Å². The molecule has 0 bridgehead atoms. The number of hydrogen-bond acceptors (Lipinski definition) is 11. The van der Waals surface area contributed by atoms with Crippen LogP contribution in [-0.4, -0.2) is 92.4 Å². The summed E-state index contributed by atoms with van der Waals surface area (Å²) in [5, 5.41) is 10.2. The van der Waals surface area contributed by atoms with Gasteiger partial charge in [0.05, 0.1) is 18.3 Å². The van der Waals surface area contributed by atoms with Crippen LogP contribution in [0.25, 0.3) is 0 Å². The van der Waals surface area contributed by atoms with Gasteiger partial charge in [0.15, 0.2) is 18.2 Å². The number of aliphatic hydroxyl groups is 1. The molecule has 0 aromatic heterocycles. The first-order valence-electron chi connectivity index (χ1n) is 13.8. The van der Waals surface area contributed by atoms with Gasteiger partial charge in [-0.25, -0.2) is 4.79 Å². The Labute approximate surface area is 235 Å². The molecule has 4 unspecified atom stereocenters. The molecule has 0 spiro atoms. The average molecular weight is 567 g/mol. The Bertz CT molecular complexity index is 970. The zero-order valence-electron chi connectivity index (χ0n) is 24.0. The minimum absolute atomic E-state index is 0.238. The van der Waals surface area contributed by atoms with Crippen LogP contribution in [0.4, 0.5) is 0 Å². The maximum atomic E-state index is 13.1. The van der Waals surface area contributed by atoms with Crippen molar-refractivity contribution < 1.29 is 52.6 Å². The number of carbonyl (C=O) groups excluding carboxylic acids is 3. The lowest BCUT2D eigenvalue weighted by molar-refractivity contribution is -0.342. The van der Waals surface area contributed by atoms with Gasteiger partial charge in [-0.05, 0) is 25.5 Å². The Morgan fingerprint density at radius 2 is 1.60 bits per heavy atom. The number of rotatable bonds is 12. The highest BCUT2D eigenvalue weighted by Crippen LogP contribution is 2.37. The molecule has 11 heteroatoms. The van der Waals surface area contributed by atoms with Crippen molar-refractivity contribution in [1.29, 1.82) is 0 Å². The summed E-state index contributed by atoms with van der Waals surface area (Å²) in [7, 11) is 1.47. The van der Waals surface area contributed by atoms with E-state index in [1.807, 2.05) is 13.8 Å². The maximum Gasteiger partial charge on any atom is 0.338 e. The second kappa shape index (κ2) is 15.0. The van der Waals surface area contributed by atoms with Crippen molar-refractivity contribution in [2.24, 2.45) is 11.8 Å². The number of ketones is 1. The maximum absolute atomic E-state index is 13.1. The third kappa shape index (κ3) is 7.65. The third-order valence-electron chi connectivity index (χ3n) is 7.34. The molecule has 1 aromatic rings. The third-order valence-corrected chi connectivity index (χ3v) is 7.34. The first kappa shape index (κ1) is 32.1. The number of benzene rings is 1. The molecule has 224 valence electrons. The monoisotopic (exact) mass is 566 g/mol. The fraction of sp³-hybridized carbons (Fsp3) is 0.690. The molecule has 0 amide bonds. The fourth-order valence-corrected chi connectivity index (χ4v) is 5.25. The van der Waals surface area contributed by atoms with E-state index < -0.39 is 79.6 Å². The number of carbonyl (C=O) groups is 3. The Morgan fingerprint density at radius 1 is 0.900 bits per heavy atom. The summed E-state index contributed by atoms with van der Waals surface area (Å²) in [5.74, 6) is -2.32. The van der Waals surface area contributed by atoms with Crippen molar-refractivity contribution in [2.75, 3.05) is 20.3 Å². The molecule has 40 heavy (non-hydrogen) atoms. The van der Waals surface area contributed by atoms with Gasteiger partial charge in [0.1, 0.15) is 24.4 Å². The Balaban J connectivity index is 1.92. The molecular weight excluding hydrogens is 524 g/mol. The van der Waals surface area contributed by atoms with Gasteiger partial charge in [0.2, 0.25) is 6.29 Å². The predicted molar refractivity (Wildman–Crippen MR) is 141 cm³/mol. The highest BCUT2D eigenvalue weighted by molar-refractivity contribution is 5.89. The second-order valence-corrected chi connectivity index (χ2v) is 10.3. The molecule has 2 aliphatic rings. The van der Waals surface area contributed by atoms with Crippen LogP contribution < -0.4 is 0 Å². The summed E-state index contributed by atoms with van der Waals surface area (Å²) < 4.78 is 41.5. The van der Waals surface area contributed by atoms with Crippen LogP contribution in [0.15, 0.2) is 30.3 Å². The van der Waals surface area contributed by atoms with Crippen LogP contribution in [0.2, 0.25) is 0 Å². The van der Waals surface area contributed by atoms with Gasteiger partial charge in [0, 0.05) is 32.5 Å². The van der Waals surface area contributed by atoms with Gasteiger partial charge >= 0.3 is 11.9 Å². The van der Waals surface area contributed by atoms with Crippen molar-refractivity contribution in [2.45, 2.75) is 96.7 Å². The van der Waals surface area contributed by atoms with Crippen molar-refractivity contribution >= 4 is 17.7 Å². The van der Waals surface area contributed by atoms with Gasteiger partial charge in [-0.1, -0.05) is 45.4 Å². The summed E-state index contributed by atoms with van der Waals surface area (Å²) >= 11 is 0. The highest BCUT2D eigenvalue weighted by Gasteiger charge is 2.53. The lowest BCUT2D eigenvalue weighted by atomic mass is 9.87. The predicted octanol–water partition coefficient (Wildman–Crippen LogP) is 2.66. The second-order valence-electron chi connectivity index (χ2n) is 10.3. The van der Waals surface area contributed by atoms with Crippen LogP contribution in [0.5, 0.6) is 0 Å². The lowest BCUT2D eigenvalue weighted by Gasteiger charge is -2.48. The topological polar surface area (TPSA) is 136 Å². The van der Waals surface area contributed by atoms with Crippen molar-refractivity contribution in [3.63, 3.8) is 0 Å². The zero-order valence-corrected chi connectivity index (χ0v) is 24.0. The normalized spacial score (nSPS) is 34.2. The highest BCUT2D eigenvalue weighted by atomic mass is 16.8. The number of esters is 2. The van der Waals surface area contributed by atoms with Gasteiger partial charge in [-0.3, -0.25) is 9.59 Å². The van der Waals surface area contributed by atoms with E-state index in [2.05, 4.69) is 0 Å². The van der Waals surface area contributed by atoms with Crippen molar-refractivity contribution in [1.82, 2.24) is 0 Å². The van der Waals surface area contributed by atoms with E-state index in [-0.39, 0.29) is 5.78 Å². The Morgan fingerprint density at radius 3 is 2.17 bits per heavy atom. The molecule has 11 nitrogen and oxygen atoms in total. The number of methoxy groups -OCH3 is 1. The van der Waals surface area contributed by atoms with E-state index in [9.17, 15) is 19.5 Å². The van der Waals surface area contributed by atoms with E-state index in [4.69, 9.17) is 33.2 Å². The molecule has 2 heterocycles. The van der Waals surface area contributed by atoms with Gasteiger partial charge < -0.3 is 38.3 Å². The van der Waals surface area contributed by atoms with Crippen molar-refractivity contribution in [3.05, 3.63) is 35.9 Å². The lowest BCUT2D eigenvalue weighted by Crippen LogP contribution is -2.63. The summed E-state index contributed by atoms with van der Waals surface area (Å²) in [4.78, 5) is 37.4. The SMILES string of the molecule is CCCCOC1[C@@H](OC(C)=O)OC(CO)[C@@H](O[C@@H]2OC(C(C)=O)[C@H](C)[C@@H](OC)C2OC(=O)c2ccccc2)[C@@H]1C. The number of ether oxygens (including phenoxy) is 7. The summed E-state index contributed by atoms with van der Waals surface area (Å²) in [5.41, 5.74) is 0.327. The van der Waals surface area contributed by atoms with E-state index in [1.54, 1.807) is 37.3 Å². The van der Waals surface area contributed by atoms with Gasteiger partial charge in [0.25, 0.3) is 0 Å². The molecule has 2 fully saturated rings. The molecular formula is C29H42O11. The fourth-order valence-electron chi connectivity index (χ4n) is 5.25. The molecule has 0 radical (unpaired) electrons. The van der Waals surface area contributed by atoms with Crippen LogP contribution in [0.1, 0.15) is 57.8 Å². The van der Waals surface area contributed by atoms with E-state index in [0.717, 1.165) is 12.8 Å². The van der Waals surface area contributed by atoms with Gasteiger partial charge in [-0.2, -0.15) is 0 Å². The molecule has 1 N–H and O–H groups in total. The van der Waals surface area contributed by atoms with Crippen molar-refractivity contribution in [3.8, 4) is 0 Å². The van der Waals surface area contributed by atoms with E-state index in [0.29, 0.717) is 12.2 Å². The number of hydrogen-bond donors (Lipinski definition) is 1. The zero-order chi connectivity index (χ0) is 29.4. The first-order chi connectivity index (χ1) is 19.1. The summed E-state index contributed by atoms with van der Waals surface area (Å²) in [6, 6.07) is 8.46. The number of aliphatic hydroxyl groups excluding tert-OH is 1. The average Bonchev–Trinajstić information content (AvgIpc) is 2.92. The molecule has 0 aliphatic carbocycles. The number of unbranched alkanes of at least 4 members (excludes halogenated alkanes) is 1. The molecule has 2 saturated heterocycles. The van der Waals surface area contributed by atoms with Gasteiger partial charge in [-0.15, -0.1) is 0 Å². The quantitative estimate of drug-likeness (QED) is 0.295. The summed E-state index contributed by atoms with van der Waals surface area (Å²) in [6.07, 6.45) is -5.79. The number of Topliss-reactive ketones (excluding diaryl/α,β-unsaturated/α-hetero) is 1. The minimum Gasteiger partial charge on any atom is -0.451 e. The Hall–Kier alpha value is -2.41. The van der Waals surface area contributed by atoms with E-state index >= 15 is 0 Å². The van der Waals surface area contributed by atoms with E-state index in [1.165, 1.54) is 21.0 Å². The minimum atomic E-state index is -1.24. The summed E-state index contributed by atoms with van der Waals surface area (Å²) in [6.45, 7) is 8.25. The molecule has 1 aromatic carbocycles. The molecule has 3 rings (SSSR count). The standard InChI is InChI=1S/C29H42O11/c1-7-8-14-35-25-17(3)23(21(15-30)37-28(25)36-19(5)32)40-29-26(38-27(33)20-12-10-9-11-13-20)24(34-6)16(2)22(39-29)18(4)31/h9-13,16-17,21-26,28-30H,7-8,14-15H2,1-6H3/t16-,17-,21?,22?,23-,24+,25?,26?,28-,29-/m0/s1. The van der Waals surface area contributed by atoms with Crippen LogP contribution in [0.3, 0.4) is 0 Å². The van der Waals surface area contributed by atoms with Crippen LogP contribution >= 0.6 is 0 Å². The smallest absolute Gasteiger partial charge is 0.338 e. The van der Waals surface area contributed by atoms with Crippen LogP contribution in [0, 0.1) is 11.8 Å². The molecule has 10 atom stereocenters. The largest absolute Gasteiger partial charge is 0.451 e.